The van der Waals surface area contributed by atoms with E-state index < -0.39 is 0 Å². The van der Waals surface area contributed by atoms with Crippen LogP contribution in [-0.2, 0) is 17.3 Å². The summed E-state index contributed by atoms with van der Waals surface area (Å²) < 4.78 is 0. The largest absolute Gasteiger partial charge is 0.310 e. The van der Waals surface area contributed by atoms with E-state index in [1.165, 1.54) is 99.8 Å². The van der Waals surface area contributed by atoms with Gasteiger partial charge in [-0.15, -0.1) is 0 Å². The van der Waals surface area contributed by atoms with E-state index in [0.717, 1.165) is 29.9 Å². The molecule has 0 aromatic heterocycles. The molecule has 0 fully saturated rings. The molecule has 0 saturated carbocycles. The topological polar surface area (TPSA) is 3.24 Å². The molecule has 1 atom stereocenters. The Kier molecular flexibility index (Phi) is 8.37. The molecule has 65 heavy (non-hydrogen) atoms. The Morgan fingerprint density at radius 3 is 1.60 bits per heavy atom. The minimum atomic E-state index is -0.177. The third kappa shape index (κ3) is 5.58. The molecular weight excluding hydrogens is 783 g/mol. The van der Waals surface area contributed by atoms with Crippen LogP contribution < -0.4 is 4.90 Å². The summed E-state index contributed by atoms with van der Waals surface area (Å²) >= 11 is 0. The first kappa shape index (κ1) is 37.8. The molecular formula is C64H47N. The lowest BCUT2D eigenvalue weighted by Crippen LogP contribution is -2.24. The van der Waals surface area contributed by atoms with Crippen molar-refractivity contribution in [3.05, 3.63) is 258 Å². The molecule has 13 rings (SSSR count). The summed E-state index contributed by atoms with van der Waals surface area (Å²) in [4.78, 5) is 2.46. The summed E-state index contributed by atoms with van der Waals surface area (Å²) in [6.45, 7) is 4.76. The van der Waals surface area contributed by atoms with Gasteiger partial charge in [0, 0.05) is 27.9 Å². The van der Waals surface area contributed by atoms with Crippen LogP contribution in [0.1, 0.15) is 53.6 Å². The van der Waals surface area contributed by atoms with Crippen LogP contribution in [0.25, 0.3) is 66.4 Å². The predicted molar refractivity (Wildman–Crippen MR) is 273 cm³/mol. The molecule has 10 aromatic rings. The summed E-state index contributed by atoms with van der Waals surface area (Å²) in [6, 6.07) is 84.1. The van der Waals surface area contributed by atoms with Gasteiger partial charge in [0.2, 0.25) is 0 Å². The molecule has 0 amide bonds. The summed E-state index contributed by atoms with van der Waals surface area (Å²) in [5.74, 6) is 0. The summed E-state index contributed by atoms with van der Waals surface area (Å²) in [5.41, 5.74) is 24.5. The SMILES string of the molecule is CC1(C)c2ccccc2-c2cccc(-c3ccccc3-c3ccc(N(c4ccc(-c5cccc6ccccc56)cc4)c4ccc5c(c4)C4(CCc6ccccc64)c4ccccc4-5)cc3)c21. The monoisotopic (exact) mass is 829 g/mol. The predicted octanol–water partition coefficient (Wildman–Crippen LogP) is 16.9. The maximum atomic E-state index is 2.51. The number of benzene rings is 10. The minimum Gasteiger partial charge on any atom is -0.310 e. The van der Waals surface area contributed by atoms with Crippen molar-refractivity contribution in [3.63, 3.8) is 0 Å². The maximum Gasteiger partial charge on any atom is 0.0470 e. The van der Waals surface area contributed by atoms with Crippen LogP contribution in [0.5, 0.6) is 0 Å². The lowest BCUT2D eigenvalue weighted by atomic mass is 9.73. The van der Waals surface area contributed by atoms with E-state index in [1.807, 2.05) is 0 Å². The second-order valence-electron chi connectivity index (χ2n) is 18.7. The molecule has 3 aliphatic carbocycles. The number of aryl methyl sites for hydroxylation is 1. The average molecular weight is 830 g/mol. The highest BCUT2D eigenvalue weighted by atomic mass is 15.1. The minimum absolute atomic E-state index is 0.112. The first-order valence-corrected chi connectivity index (χ1v) is 23.1. The molecule has 0 N–H and O–H groups in total. The first-order chi connectivity index (χ1) is 32.0. The second-order valence-corrected chi connectivity index (χ2v) is 18.7. The average Bonchev–Trinajstić information content (AvgIpc) is 3.97. The first-order valence-electron chi connectivity index (χ1n) is 23.1. The van der Waals surface area contributed by atoms with Crippen molar-refractivity contribution in [3.8, 4) is 55.6 Å². The summed E-state index contributed by atoms with van der Waals surface area (Å²) in [5, 5.41) is 2.52. The van der Waals surface area contributed by atoms with Crippen molar-refractivity contribution >= 4 is 27.8 Å². The Bertz CT molecular complexity index is 3510. The number of anilines is 3. The molecule has 0 saturated heterocycles. The van der Waals surface area contributed by atoms with E-state index in [1.54, 1.807) is 0 Å². The van der Waals surface area contributed by atoms with E-state index in [4.69, 9.17) is 0 Å². The fourth-order valence-electron chi connectivity index (χ4n) is 12.2. The van der Waals surface area contributed by atoms with E-state index in [-0.39, 0.29) is 10.8 Å². The van der Waals surface area contributed by atoms with Gasteiger partial charge in [-0.1, -0.05) is 202 Å². The van der Waals surface area contributed by atoms with Crippen molar-refractivity contribution in [1.29, 1.82) is 0 Å². The van der Waals surface area contributed by atoms with E-state index in [0.29, 0.717) is 0 Å². The molecule has 10 aromatic carbocycles. The molecule has 0 heterocycles. The Hall–Kier alpha value is -7.74. The number of hydrogen-bond donors (Lipinski definition) is 0. The van der Waals surface area contributed by atoms with Crippen LogP contribution in [0, 0.1) is 0 Å². The Labute approximate surface area is 382 Å². The Morgan fingerprint density at radius 1 is 0.354 bits per heavy atom. The van der Waals surface area contributed by atoms with Crippen LogP contribution in [-0.4, -0.2) is 0 Å². The number of nitrogens with zero attached hydrogens (tertiary/aromatic N) is 1. The van der Waals surface area contributed by atoms with Gasteiger partial charge in [0.1, 0.15) is 0 Å². The van der Waals surface area contributed by atoms with Crippen molar-refractivity contribution in [2.45, 2.75) is 37.5 Å². The smallest absolute Gasteiger partial charge is 0.0470 e. The molecule has 1 spiro atoms. The van der Waals surface area contributed by atoms with Crippen molar-refractivity contribution in [2.24, 2.45) is 0 Å². The van der Waals surface area contributed by atoms with Crippen LogP contribution in [0.3, 0.4) is 0 Å². The summed E-state index contributed by atoms with van der Waals surface area (Å²) in [7, 11) is 0. The maximum absolute atomic E-state index is 2.51. The highest BCUT2D eigenvalue weighted by molar-refractivity contribution is 5.98. The van der Waals surface area contributed by atoms with Crippen molar-refractivity contribution < 1.29 is 0 Å². The van der Waals surface area contributed by atoms with Gasteiger partial charge in [0.15, 0.2) is 0 Å². The highest BCUT2D eigenvalue weighted by Crippen LogP contribution is 2.59. The third-order valence-corrected chi connectivity index (χ3v) is 15.1. The molecule has 0 bridgehead atoms. The third-order valence-electron chi connectivity index (χ3n) is 15.1. The number of fused-ring (bicyclic) bond motifs is 11. The Morgan fingerprint density at radius 2 is 0.846 bits per heavy atom. The van der Waals surface area contributed by atoms with Gasteiger partial charge in [0.05, 0.1) is 0 Å². The fraction of sp³-hybridized carbons (Fsp3) is 0.0938. The Balaban J connectivity index is 0.950. The van der Waals surface area contributed by atoms with Crippen molar-refractivity contribution in [2.75, 3.05) is 4.90 Å². The number of hydrogen-bond acceptors (Lipinski definition) is 1. The lowest BCUT2D eigenvalue weighted by Gasteiger charge is -2.31. The van der Waals surface area contributed by atoms with E-state index >= 15 is 0 Å². The zero-order valence-corrected chi connectivity index (χ0v) is 36.7. The van der Waals surface area contributed by atoms with E-state index in [9.17, 15) is 0 Å². The second kappa shape index (κ2) is 14.4. The van der Waals surface area contributed by atoms with Crippen LogP contribution in [0.4, 0.5) is 17.1 Å². The van der Waals surface area contributed by atoms with Crippen LogP contribution >= 0.6 is 0 Å². The van der Waals surface area contributed by atoms with Crippen LogP contribution in [0.2, 0.25) is 0 Å². The summed E-state index contributed by atoms with van der Waals surface area (Å²) in [6.07, 6.45) is 2.15. The van der Waals surface area contributed by atoms with E-state index in [2.05, 4.69) is 243 Å². The molecule has 0 aliphatic heterocycles. The number of rotatable bonds is 6. The standard InChI is InChI=1S/C64H47N/c1-63(2)59-27-11-8-22-54(59)57-25-14-24-56(62(57)63)52-20-7-6-19-51(52)44-31-35-47(36-32-44)65(46-33-29-43(30-34-46)50-23-13-17-42-15-3-5-18-49(42)50)48-37-38-55-53-21-9-12-28-60(53)64(61(55)41-48)40-39-45-16-4-10-26-58(45)64/h3-38,41H,39-40H2,1-2H3. The van der Waals surface area contributed by atoms with Gasteiger partial charge in [-0.3, -0.25) is 0 Å². The molecule has 1 heteroatoms. The van der Waals surface area contributed by atoms with Gasteiger partial charge in [-0.25, -0.2) is 0 Å². The highest BCUT2D eigenvalue weighted by Gasteiger charge is 2.48. The zero-order chi connectivity index (χ0) is 43.3. The molecule has 1 unspecified atom stereocenters. The molecule has 308 valence electrons. The van der Waals surface area contributed by atoms with Gasteiger partial charge >= 0.3 is 0 Å². The van der Waals surface area contributed by atoms with Gasteiger partial charge in [0.25, 0.3) is 0 Å². The zero-order valence-electron chi connectivity index (χ0n) is 36.7. The van der Waals surface area contributed by atoms with Crippen LogP contribution in [0.15, 0.2) is 224 Å². The fourth-order valence-corrected chi connectivity index (χ4v) is 12.2. The molecule has 1 nitrogen and oxygen atoms in total. The van der Waals surface area contributed by atoms with Crippen molar-refractivity contribution in [1.82, 2.24) is 0 Å². The molecule has 0 radical (unpaired) electrons. The van der Waals surface area contributed by atoms with Gasteiger partial charge in [-0.2, -0.15) is 0 Å². The lowest BCUT2D eigenvalue weighted by molar-refractivity contribution is 0.626. The van der Waals surface area contributed by atoms with Gasteiger partial charge < -0.3 is 4.90 Å². The quantitative estimate of drug-likeness (QED) is 0.161. The van der Waals surface area contributed by atoms with Gasteiger partial charge in [-0.05, 0) is 149 Å². The molecule has 3 aliphatic rings. The normalized spacial score (nSPS) is 15.9.